The van der Waals surface area contributed by atoms with Crippen molar-refractivity contribution in [3.05, 3.63) is 41.7 Å². The largest absolute Gasteiger partial charge is 0.275 e. The van der Waals surface area contributed by atoms with Gasteiger partial charge in [-0.1, -0.05) is 38.1 Å². The lowest BCUT2D eigenvalue weighted by Gasteiger charge is -2.06. The Morgan fingerprint density at radius 2 is 1.82 bits per heavy atom. The predicted molar refractivity (Wildman–Crippen MR) is 71.9 cm³/mol. The molecule has 1 aromatic carbocycles. The topological polar surface area (TPSA) is 17.8 Å². The molecule has 0 radical (unpaired) electrons. The zero-order chi connectivity index (χ0) is 12.4. The van der Waals surface area contributed by atoms with Crippen LogP contribution in [-0.2, 0) is 13.5 Å². The average molecular weight is 228 g/mol. The first-order chi connectivity index (χ1) is 8.06. The minimum atomic E-state index is 0.709. The third-order valence-corrected chi connectivity index (χ3v) is 2.92. The number of hydrogen-bond donors (Lipinski definition) is 0. The number of nitrogens with zero attached hydrogens (tertiary/aromatic N) is 2. The van der Waals surface area contributed by atoms with Crippen LogP contribution in [0.1, 0.15) is 25.1 Å². The first kappa shape index (κ1) is 11.9. The molecule has 1 aromatic heterocycles. The normalized spacial score (nSPS) is 11.1. The van der Waals surface area contributed by atoms with Gasteiger partial charge in [0.05, 0.1) is 5.69 Å². The molecule has 90 valence electrons. The Hall–Kier alpha value is -1.57. The number of benzene rings is 1. The third kappa shape index (κ3) is 2.76. The summed E-state index contributed by atoms with van der Waals surface area (Å²) >= 11 is 0. The van der Waals surface area contributed by atoms with Gasteiger partial charge in [-0.25, -0.2) is 0 Å². The zero-order valence-electron chi connectivity index (χ0n) is 11.1. The highest BCUT2D eigenvalue weighted by Crippen LogP contribution is 2.23. The Bertz CT molecular complexity index is 492. The van der Waals surface area contributed by atoms with Gasteiger partial charge in [0.25, 0.3) is 0 Å². The number of rotatable bonds is 3. The molecule has 2 heteroatoms. The van der Waals surface area contributed by atoms with Crippen LogP contribution < -0.4 is 0 Å². The molecule has 0 aliphatic carbocycles. The SMILES string of the molecule is Cc1nn(C)cc1-c1ccc(CC(C)C)cc1. The van der Waals surface area contributed by atoms with E-state index in [-0.39, 0.29) is 0 Å². The van der Waals surface area contributed by atoms with Gasteiger partial charge in [-0.05, 0) is 30.4 Å². The molecule has 0 saturated carbocycles. The summed E-state index contributed by atoms with van der Waals surface area (Å²) in [7, 11) is 1.96. The van der Waals surface area contributed by atoms with Gasteiger partial charge < -0.3 is 0 Å². The molecule has 0 aliphatic heterocycles. The van der Waals surface area contributed by atoms with Crippen molar-refractivity contribution < 1.29 is 0 Å². The van der Waals surface area contributed by atoms with Crippen molar-refractivity contribution >= 4 is 0 Å². The summed E-state index contributed by atoms with van der Waals surface area (Å²) < 4.78 is 1.87. The summed E-state index contributed by atoms with van der Waals surface area (Å²) in [4.78, 5) is 0. The highest BCUT2D eigenvalue weighted by molar-refractivity contribution is 5.65. The smallest absolute Gasteiger partial charge is 0.0671 e. The van der Waals surface area contributed by atoms with Gasteiger partial charge >= 0.3 is 0 Å². The average Bonchev–Trinajstić information content (AvgIpc) is 2.58. The van der Waals surface area contributed by atoms with Crippen LogP contribution >= 0.6 is 0 Å². The summed E-state index contributed by atoms with van der Waals surface area (Å²) in [6.07, 6.45) is 3.22. The van der Waals surface area contributed by atoms with Crippen LogP contribution in [0.3, 0.4) is 0 Å². The Labute approximate surface area is 103 Å². The van der Waals surface area contributed by atoms with Crippen LogP contribution in [0.4, 0.5) is 0 Å². The van der Waals surface area contributed by atoms with E-state index >= 15 is 0 Å². The predicted octanol–water partition coefficient (Wildman–Crippen LogP) is 3.59. The molecule has 2 nitrogen and oxygen atoms in total. The van der Waals surface area contributed by atoms with Gasteiger partial charge in [0.2, 0.25) is 0 Å². The van der Waals surface area contributed by atoms with Gasteiger partial charge in [-0.15, -0.1) is 0 Å². The van der Waals surface area contributed by atoms with Crippen molar-refractivity contribution in [3.8, 4) is 11.1 Å². The standard InChI is InChI=1S/C15H20N2/c1-11(2)9-13-5-7-14(8-6-13)15-10-17(4)16-12(15)3/h5-8,10-11H,9H2,1-4H3. The van der Waals surface area contributed by atoms with E-state index in [0.717, 1.165) is 12.1 Å². The second-order valence-electron chi connectivity index (χ2n) is 5.10. The highest BCUT2D eigenvalue weighted by Gasteiger charge is 2.06. The lowest BCUT2D eigenvalue weighted by atomic mass is 9.99. The fourth-order valence-electron chi connectivity index (χ4n) is 2.17. The van der Waals surface area contributed by atoms with Gasteiger partial charge in [0.15, 0.2) is 0 Å². The van der Waals surface area contributed by atoms with Crippen LogP contribution in [0.25, 0.3) is 11.1 Å². The molecule has 0 saturated heterocycles. The summed E-state index contributed by atoms with van der Waals surface area (Å²) in [6, 6.07) is 8.84. The van der Waals surface area contributed by atoms with E-state index in [1.165, 1.54) is 16.7 Å². The molecule has 0 atom stereocenters. The molecule has 0 aliphatic rings. The van der Waals surface area contributed by atoms with Crippen LogP contribution in [0.5, 0.6) is 0 Å². The fraction of sp³-hybridized carbons (Fsp3) is 0.400. The maximum absolute atomic E-state index is 4.37. The molecule has 0 bridgehead atoms. The summed E-state index contributed by atoms with van der Waals surface area (Å²) in [5.74, 6) is 0.709. The summed E-state index contributed by atoms with van der Waals surface area (Å²) in [5, 5.41) is 4.37. The highest BCUT2D eigenvalue weighted by atomic mass is 15.2. The lowest BCUT2D eigenvalue weighted by Crippen LogP contribution is -1.93. The molecule has 1 heterocycles. The fourth-order valence-corrected chi connectivity index (χ4v) is 2.17. The maximum atomic E-state index is 4.37. The van der Waals surface area contributed by atoms with E-state index in [1.54, 1.807) is 0 Å². The van der Waals surface area contributed by atoms with E-state index in [2.05, 4.69) is 56.3 Å². The van der Waals surface area contributed by atoms with E-state index < -0.39 is 0 Å². The van der Waals surface area contributed by atoms with Crippen LogP contribution in [-0.4, -0.2) is 9.78 Å². The van der Waals surface area contributed by atoms with Crippen molar-refractivity contribution in [1.82, 2.24) is 9.78 Å². The van der Waals surface area contributed by atoms with Crippen molar-refractivity contribution in [3.63, 3.8) is 0 Å². The zero-order valence-corrected chi connectivity index (χ0v) is 11.1. The molecule has 0 N–H and O–H groups in total. The molecule has 0 fully saturated rings. The first-order valence-corrected chi connectivity index (χ1v) is 6.16. The molecular weight excluding hydrogens is 208 g/mol. The van der Waals surface area contributed by atoms with Gasteiger partial charge in [-0.3, -0.25) is 4.68 Å². The van der Waals surface area contributed by atoms with Crippen molar-refractivity contribution in [2.45, 2.75) is 27.2 Å². The lowest BCUT2D eigenvalue weighted by molar-refractivity contribution is 0.647. The molecular formula is C15H20N2. The third-order valence-electron chi connectivity index (χ3n) is 2.92. The molecule has 0 unspecified atom stereocenters. The van der Waals surface area contributed by atoms with Crippen molar-refractivity contribution in [1.29, 1.82) is 0 Å². The van der Waals surface area contributed by atoms with Crippen LogP contribution in [0.15, 0.2) is 30.5 Å². The molecule has 0 spiro atoms. The minimum absolute atomic E-state index is 0.709. The van der Waals surface area contributed by atoms with Crippen LogP contribution in [0, 0.1) is 12.8 Å². The maximum Gasteiger partial charge on any atom is 0.0671 e. The summed E-state index contributed by atoms with van der Waals surface area (Å²) in [5.41, 5.74) is 4.97. The molecule has 0 amide bonds. The van der Waals surface area contributed by atoms with Crippen LogP contribution in [0.2, 0.25) is 0 Å². The first-order valence-electron chi connectivity index (χ1n) is 6.16. The second-order valence-corrected chi connectivity index (χ2v) is 5.10. The van der Waals surface area contributed by atoms with E-state index in [4.69, 9.17) is 0 Å². The molecule has 2 aromatic rings. The Morgan fingerprint density at radius 3 is 2.29 bits per heavy atom. The van der Waals surface area contributed by atoms with Crippen molar-refractivity contribution in [2.24, 2.45) is 13.0 Å². The van der Waals surface area contributed by atoms with Gasteiger partial charge in [0.1, 0.15) is 0 Å². The quantitative estimate of drug-likeness (QED) is 0.785. The molecule has 2 rings (SSSR count). The summed E-state index contributed by atoms with van der Waals surface area (Å²) in [6.45, 7) is 6.55. The number of aryl methyl sites for hydroxylation is 2. The monoisotopic (exact) mass is 228 g/mol. The number of aromatic nitrogens is 2. The Morgan fingerprint density at radius 1 is 1.18 bits per heavy atom. The second kappa shape index (κ2) is 4.74. The minimum Gasteiger partial charge on any atom is -0.275 e. The van der Waals surface area contributed by atoms with Crippen molar-refractivity contribution in [2.75, 3.05) is 0 Å². The number of hydrogen-bond acceptors (Lipinski definition) is 1. The Balaban J connectivity index is 2.26. The van der Waals surface area contributed by atoms with E-state index in [9.17, 15) is 0 Å². The van der Waals surface area contributed by atoms with Gasteiger partial charge in [0, 0.05) is 18.8 Å². The van der Waals surface area contributed by atoms with Gasteiger partial charge in [-0.2, -0.15) is 5.10 Å². The Kier molecular flexibility index (Phi) is 3.32. The van der Waals surface area contributed by atoms with E-state index in [1.807, 2.05) is 11.7 Å². The van der Waals surface area contributed by atoms with E-state index in [0.29, 0.717) is 5.92 Å². The molecule has 17 heavy (non-hydrogen) atoms.